The summed E-state index contributed by atoms with van der Waals surface area (Å²) in [5.41, 5.74) is 0. The van der Waals surface area contributed by atoms with E-state index in [2.05, 4.69) is 24.1 Å². The molecule has 1 aliphatic heterocycles. The number of aliphatic hydroxyl groups excluding tert-OH is 1. The van der Waals surface area contributed by atoms with E-state index >= 15 is 0 Å². The van der Waals surface area contributed by atoms with Crippen LogP contribution in [0.1, 0.15) is 47.0 Å². The van der Waals surface area contributed by atoms with Crippen molar-refractivity contribution in [3.05, 3.63) is 0 Å². The van der Waals surface area contributed by atoms with Gasteiger partial charge in [0.2, 0.25) is 5.91 Å². The van der Waals surface area contributed by atoms with Crippen molar-refractivity contribution in [3.63, 3.8) is 0 Å². The summed E-state index contributed by atoms with van der Waals surface area (Å²) in [5.74, 6) is 0.223. The van der Waals surface area contributed by atoms with Gasteiger partial charge in [-0.3, -0.25) is 9.69 Å². The number of amides is 1. The highest BCUT2D eigenvalue weighted by atomic mass is 16.3. The third kappa shape index (κ3) is 3.95. The van der Waals surface area contributed by atoms with Crippen molar-refractivity contribution in [1.82, 2.24) is 10.2 Å². The van der Waals surface area contributed by atoms with Gasteiger partial charge < -0.3 is 10.4 Å². The van der Waals surface area contributed by atoms with Crippen molar-refractivity contribution in [2.75, 3.05) is 13.2 Å². The molecule has 1 amide bonds. The molecule has 0 aromatic heterocycles. The van der Waals surface area contributed by atoms with Crippen LogP contribution >= 0.6 is 0 Å². The van der Waals surface area contributed by atoms with Crippen LogP contribution in [0.4, 0.5) is 0 Å². The first-order valence-corrected chi connectivity index (χ1v) is 7.14. The summed E-state index contributed by atoms with van der Waals surface area (Å²) >= 11 is 0. The Kier molecular flexibility index (Phi) is 6.09. The van der Waals surface area contributed by atoms with E-state index in [0.29, 0.717) is 6.04 Å². The Balaban J connectivity index is 2.58. The number of nitrogens with one attached hydrogen (secondary N) is 1. The molecule has 1 saturated heterocycles. The lowest BCUT2D eigenvalue weighted by molar-refractivity contribution is -0.129. The van der Waals surface area contributed by atoms with Gasteiger partial charge in [0, 0.05) is 18.7 Å². The fourth-order valence-electron chi connectivity index (χ4n) is 2.47. The molecule has 0 radical (unpaired) electrons. The minimum atomic E-state index is 0.00657. The number of aliphatic hydroxyl groups is 1. The average molecular weight is 256 g/mol. The summed E-state index contributed by atoms with van der Waals surface area (Å²) in [7, 11) is 0. The summed E-state index contributed by atoms with van der Waals surface area (Å²) in [6.07, 6.45) is 3.26. The zero-order valence-corrected chi connectivity index (χ0v) is 12.1. The van der Waals surface area contributed by atoms with Gasteiger partial charge in [-0.2, -0.15) is 0 Å². The van der Waals surface area contributed by atoms with Crippen molar-refractivity contribution in [3.8, 4) is 0 Å². The summed E-state index contributed by atoms with van der Waals surface area (Å²) in [6, 6.07) is 0.442. The molecule has 4 nitrogen and oxygen atoms in total. The Morgan fingerprint density at radius 2 is 2.00 bits per heavy atom. The van der Waals surface area contributed by atoms with E-state index in [0.717, 1.165) is 19.4 Å². The molecule has 1 fully saturated rings. The van der Waals surface area contributed by atoms with Gasteiger partial charge >= 0.3 is 0 Å². The van der Waals surface area contributed by atoms with Gasteiger partial charge in [-0.1, -0.05) is 13.3 Å². The van der Waals surface area contributed by atoms with Gasteiger partial charge in [-0.15, -0.1) is 0 Å². The second kappa shape index (κ2) is 7.10. The second-order valence-corrected chi connectivity index (χ2v) is 5.80. The van der Waals surface area contributed by atoms with Crippen LogP contribution in [0.5, 0.6) is 0 Å². The summed E-state index contributed by atoms with van der Waals surface area (Å²) < 4.78 is 0. The minimum absolute atomic E-state index is 0.00657. The lowest BCUT2D eigenvalue weighted by Crippen LogP contribution is -2.54. The molecule has 0 spiro atoms. The molecule has 1 heterocycles. The highest BCUT2D eigenvalue weighted by molar-refractivity contribution is 5.82. The third-order valence-electron chi connectivity index (χ3n) is 4.02. The number of hydrogen-bond donors (Lipinski definition) is 2. The SMILES string of the molecule is CC(CO)C(C)NC(=O)C1CCCCN1C(C)C. The normalized spacial score (nSPS) is 24.9. The molecule has 0 bridgehead atoms. The van der Waals surface area contributed by atoms with Gasteiger partial charge in [0.05, 0.1) is 6.04 Å². The van der Waals surface area contributed by atoms with E-state index in [-0.39, 0.29) is 30.5 Å². The fraction of sp³-hybridized carbons (Fsp3) is 0.929. The Morgan fingerprint density at radius 3 is 2.56 bits per heavy atom. The quantitative estimate of drug-likeness (QED) is 0.781. The second-order valence-electron chi connectivity index (χ2n) is 5.80. The molecule has 0 saturated carbocycles. The van der Waals surface area contributed by atoms with Crippen LogP contribution in [0, 0.1) is 5.92 Å². The molecule has 4 heteroatoms. The van der Waals surface area contributed by atoms with Crippen LogP contribution in [0.15, 0.2) is 0 Å². The number of rotatable bonds is 5. The smallest absolute Gasteiger partial charge is 0.237 e. The van der Waals surface area contributed by atoms with E-state index in [4.69, 9.17) is 5.11 Å². The average Bonchev–Trinajstić information content (AvgIpc) is 2.37. The largest absolute Gasteiger partial charge is 0.396 e. The van der Waals surface area contributed by atoms with Gasteiger partial charge in [-0.25, -0.2) is 0 Å². The van der Waals surface area contributed by atoms with Gasteiger partial charge in [0.1, 0.15) is 0 Å². The Hall–Kier alpha value is -0.610. The van der Waals surface area contributed by atoms with Crippen molar-refractivity contribution in [2.45, 2.75) is 65.1 Å². The molecule has 106 valence electrons. The van der Waals surface area contributed by atoms with Crippen LogP contribution in [-0.4, -0.2) is 47.2 Å². The maximum Gasteiger partial charge on any atom is 0.237 e. The van der Waals surface area contributed by atoms with Crippen molar-refractivity contribution < 1.29 is 9.90 Å². The first-order chi connectivity index (χ1) is 8.47. The minimum Gasteiger partial charge on any atom is -0.396 e. The van der Waals surface area contributed by atoms with E-state index in [1.807, 2.05) is 13.8 Å². The molecule has 1 aliphatic rings. The topological polar surface area (TPSA) is 52.6 Å². The van der Waals surface area contributed by atoms with E-state index in [1.165, 1.54) is 6.42 Å². The van der Waals surface area contributed by atoms with Crippen molar-refractivity contribution in [2.24, 2.45) is 5.92 Å². The summed E-state index contributed by atoms with van der Waals surface area (Å²) in [5, 5.41) is 12.2. The standard InChI is InChI=1S/C14H28N2O2/c1-10(2)16-8-6-5-7-13(16)14(18)15-12(4)11(3)9-17/h10-13,17H,5-9H2,1-4H3,(H,15,18). The molecule has 1 rings (SSSR count). The Morgan fingerprint density at radius 1 is 1.33 bits per heavy atom. The van der Waals surface area contributed by atoms with E-state index in [9.17, 15) is 4.79 Å². The lowest BCUT2D eigenvalue weighted by Gasteiger charge is -2.38. The molecule has 0 aromatic rings. The van der Waals surface area contributed by atoms with E-state index < -0.39 is 0 Å². The highest BCUT2D eigenvalue weighted by Crippen LogP contribution is 2.20. The Labute approximate surface area is 111 Å². The third-order valence-corrected chi connectivity index (χ3v) is 4.02. The van der Waals surface area contributed by atoms with Crippen LogP contribution in [0.2, 0.25) is 0 Å². The lowest BCUT2D eigenvalue weighted by atomic mass is 9.98. The predicted molar refractivity (Wildman–Crippen MR) is 73.3 cm³/mol. The first-order valence-electron chi connectivity index (χ1n) is 7.14. The predicted octanol–water partition coefficient (Wildman–Crippen LogP) is 1.38. The van der Waals surface area contributed by atoms with E-state index in [1.54, 1.807) is 0 Å². The Bertz CT molecular complexity index is 269. The molecular formula is C14H28N2O2. The van der Waals surface area contributed by atoms with Crippen molar-refractivity contribution >= 4 is 5.91 Å². The number of hydrogen-bond acceptors (Lipinski definition) is 3. The number of carbonyl (C=O) groups excluding carboxylic acids is 1. The molecule has 0 aliphatic carbocycles. The molecular weight excluding hydrogens is 228 g/mol. The zero-order valence-electron chi connectivity index (χ0n) is 12.1. The fourth-order valence-corrected chi connectivity index (χ4v) is 2.47. The molecule has 0 aromatic carbocycles. The number of piperidine rings is 1. The van der Waals surface area contributed by atoms with Crippen LogP contribution in [-0.2, 0) is 4.79 Å². The molecule has 3 unspecified atom stereocenters. The van der Waals surface area contributed by atoms with Gasteiger partial charge in [-0.05, 0) is 46.1 Å². The van der Waals surface area contributed by atoms with Gasteiger partial charge in [0.15, 0.2) is 0 Å². The molecule has 18 heavy (non-hydrogen) atoms. The summed E-state index contributed by atoms with van der Waals surface area (Å²) in [6.45, 7) is 9.32. The van der Waals surface area contributed by atoms with Crippen molar-refractivity contribution in [1.29, 1.82) is 0 Å². The van der Waals surface area contributed by atoms with Crippen LogP contribution in [0.3, 0.4) is 0 Å². The maximum atomic E-state index is 12.3. The zero-order chi connectivity index (χ0) is 13.7. The molecule has 3 atom stereocenters. The monoisotopic (exact) mass is 256 g/mol. The highest BCUT2D eigenvalue weighted by Gasteiger charge is 2.31. The maximum absolute atomic E-state index is 12.3. The van der Waals surface area contributed by atoms with Gasteiger partial charge in [0.25, 0.3) is 0 Å². The van der Waals surface area contributed by atoms with Crippen LogP contribution in [0.25, 0.3) is 0 Å². The summed E-state index contributed by atoms with van der Waals surface area (Å²) in [4.78, 5) is 14.6. The first kappa shape index (κ1) is 15.4. The van der Waals surface area contributed by atoms with Crippen LogP contribution < -0.4 is 5.32 Å². The number of nitrogens with zero attached hydrogens (tertiary/aromatic N) is 1. The number of likely N-dealkylation sites (tertiary alicyclic amines) is 1. The molecule has 2 N–H and O–H groups in total. The number of carbonyl (C=O) groups is 1.